The topological polar surface area (TPSA) is 95.6 Å². The van der Waals surface area contributed by atoms with Crippen LogP contribution in [0.5, 0.6) is 0 Å². The molecule has 1 heterocycles. The maximum Gasteiger partial charge on any atom is 0.243 e. The first kappa shape index (κ1) is 23.6. The number of hydrogen-bond acceptors (Lipinski definition) is 4. The summed E-state index contributed by atoms with van der Waals surface area (Å²) in [6.45, 7) is 7.36. The molecule has 1 aliphatic rings. The fourth-order valence-electron chi connectivity index (χ4n) is 3.05. The van der Waals surface area contributed by atoms with Crippen LogP contribution in [-0.2, 0) is 19.6 Å². The third kappa shape index (κ3) is 8.43. The zero-order valence-electron chi connectivity index (χ0n) is 16.9. The molecular weight excluding hydrogens is 366 g/mol. The number of sulfonamides is 1. The van der Waals surface area contributed by atoms with Gasteiger partial charge in [-0.1, -0.05) is 18.9 Å². The number of unbranched alkanes of at least 4 members (excludes halogenated alkanes) is 3. The molecule has 1 aliphatic heterocycles. The van der Waals surface area contributed by atoms with E-state index in [2.05, 4.69) is 10.6 Å². The lowest BCUT2D eigenvalue weighted by Crippen LogP contribution is -2.45. The molecule has 0 spiro atoms. The van der Waals surface area contributed by atoms with Crippen molar-refractivity contribution in [3.8, 4) is 0 Å². The summed E-state index contributed by atoms with van der Waals surface area (Å²) >= 11 is 0. The summed E-state index contributed by atoms with van der Waals surface area (Å²) in [7, 11) is -3.22. The van der Waals surface area contributed by atoms with Crippen molar-refractivity contribution in [2.45, 2.75) is 64.5 Å². The monoisotopic (exact) mass is 401 g/mol. The van der Waals surface area contributed by atoms with E-state index in [9.17, 15) is 18.0 Å². The number of nitrogens with one attached hydrogen (secondary N) is 2. The molecule has 0 unspecified atom stereocenters. The predicted octanol–water partition coefficient (Wildman–Crippen LogP) is 1.81. The standard InChI is InChI=1S/C19H35N3O4S/c1-4-9-18(23)20-12-7-5-6-8-13-21-19(24)17-10-14-22(15-11-17)27(25,26)16(2)3/h4,9,16-17H,5-8,10-15H2,1-3H3,(H,20,23)(H,21,24)/b9-4+. The molecule has 1 rings (SSSR count). The lowest BCUT2D eigenvalue weighted by Gasteiger charge is -2.31. The number of piperidine rings is 1. The van der Waals surface area contributed by atoms with E-state index in [1.54, 1.807) is 19.9 Å². The summed E-state index contributed by atoms with van der Waals surface area (Å²) in [5.41, 5.74) is 0. The minimum Gasteiger partial charge on any atom is -0.356 e. The van der Waals surface area contributed by atoms with Gasteiger partial charge in [-0.2, -0.15) is 0 Å². The summed E-state index contributed by atoms with van der Waals surface area (Å²) in [5, 5.41) is 5.37. The van der Waals surface area contributed by atoms with E-state index in [-0.39, 0.29) is 17.7 Å². The summed E-state index contributed by atoms with van der Waals surface area (Å²) in [4.78, 5) is 23.5. The van der Waals surface area contributed by atoms with Gasteiger partial charge >= 0.3 is 0 Å². The largest absolute Gasteiger partial charge is 0.356 e. The molecule has 27 heavy (non-hydrogen) atoms. The van der Waals surface area contributed by atoms with Crippen molar-refractivity contribution >= 4 is 21.8 Å². The number of hydrogen-bond donors (Lipinski definition) is 2. The lowest BCUT2D eigenvalue weighted by molar-refractivity contribution is -0.126. The number of nitrogens with zero attached hydrogens (tertiary/aromatic N) is 1. The first-order chi connectivity index (χ1) is 12.8. The number of amides is 2. The van der Waals surface area contributed by atoms with E-state index in [0.717, 1.165) is 25.7 Å². The Bertz CT molecular complexity index is 594. The Hall–Kier alpha value is -1.41. The van der Waals surface area contributed by atoms with E-state index in [0.29, 0.717) is 39.0 Å². The molecule has 1 fully saturated rings. The van der Waals surface area contributed by atoms with Gasteiger partial charge in [0.1, 0.15) is 0 Å². The van der Waals surface area contributed by atoms with Gasteiger partial charge < -0.3 is 10.6 Å². The molecule has 2 amide bonds. The van der Waals surface area contributed by atoms with Gasteiger partial charge in [-0.3, -0.25) is 9.59 Å². The van der Waals surface area contributed by atoms with Gasteiger partial charge in [-0.05, 0) is 52.5 Å². The second-order valence-electron chi connectivity index (χ2n) is 7.26. The fourth-order valence-corrected chi connectivity index (χ4v) is 4.37. The van der Waals surface area contributed by atoms with Crippen molar-refractivity contribution in [1.29, 1.82) is 0 Å². The van der Waals surface area contributed by atoms with Crippen LogP contribution in [0.4, 0.5) is 0 Å². The Morgan fingerprint density at radius 2 is 1.59 bits per heavy atom. The Morgan fingerprint density at radius 3 is 2.11 bits per heavy atom. The van der Waals surface area contributed by atoms with Gasteiger partial charge in [0.25, 0.3) is 0 Å². The van der Waals surface area contributed by atoms with Gasteiger partial charge in [0.2, 0.25) is 21.8 Å². The van der Waals surface area contributed by atoms with Gasteiger partial charge in [0.05, 0.1) is 5.25 Å². The predicted molar refractivity (Wildman–Crippen MR) is 108 cm³/mol. The summed E-state index contributed by atoms with van der Waals surface area (Å²) < 4.78 is 25.8. The molecule has 156 valence electrons. The Kier molecular flexibility index (Phi) is 10.6. The van der Waals surface area contributed by atoms with Gasteiger partial charge in [0.15, 0.2) is 0 Å². The van der Waals surface area contributed by atoms with E-state index in [1.165, 1.54) is 10.4 Å². The molecule has 0 aromatic heterocycles. The van der Waals surface area contributed by atoms with Crippen molar-refractivity contribution in [3.63, 3.8) is 0 Å². The summed E-state index contributed by atoms with van der Waals surface area (Å²) in [6.07, 6.45) is 8.26. The highest BCUT2D eigenvalue weighted by atomic mass is 32.2. The second kappa shape index (κ2) is 12.1. The zero-order chi connectivity index (χ0) is 20.3. The van der Waals surface area contributed by atoms with Crippen LogP contribution in [0.3, 0.4) is 0 Å². The van der Waals surface area contributed by atoms with Gasteiger partial charge in [-0.25, -0.2) is 12.7 Å². The van der Waals surface area contributed by atoms with Crippen molar-refractivity contribution in [2.24, 2.45) is 5.92 Å². The van der Waals surface area contributed by atoms with Crippen LogP contribution in [0.25, 0.3) is 0 Å². The number of carbonyl (C=O) groups is 2. The smallest absolute Gasteiger partial charge is 0.243 e. The fraction of sp³-hybridized carbons (Fsp3) is 0.789. The van der Waals surface area contributed by atoms with Crippen molar-refractivity contribution in [1.82, 2.24) is 14.9 Å². The van der Waals surface area contributed by atoms with Crippen LogP contribution >= 0.6 is 0 Å². The third-order valence-electron chi connectivity index (χ3n) is 4.80. The first-order valence-electron chi connectivity index (χ1n) is 9.96. The highest BCUT2D eigenvalue weighted by molar-refractivity contribution is 7.89. The summed E-state index contributed by atoms with van der Waals surface area (Å²) in [5.74, 6) is -0.113. The van der Waals surface area contributed by atoms with E-state index >= 15 is 0 Å². The quantitative estimate of drug-likeness (QED) is 0.408. The van der Waals surface area contributed by atoms with Crippen molar-refractivity contribution < 1.29 is 18.0 Å². The Balaban J connectivity index is 2.11. The maximum atomic E-state index is 12.2. The van der Waals surface area contributed by atoms with Crippen molar-refractivity contribution in [2.75, 3.05) is 26.2 Å². The van der Waals surface area contributed by atoms with E-state index in [1.807, 2.05) is 6.92 Å². The van der Waals surface area contributed by atoms with Crippen LogP contribution in [0.2, 0.25) is 0 Å². The second-order valence-corrected chi connectivity index (χ2v) is 9.75. The van der Waals surface area contributed by atoms with Gasteiger partial charge in [-0.15, -0.1) is 0 Å². The SMILES string of the molecule is C/C=C/C(=O)NCCCCCCNC(=O)C1CCN(S(=O)(=O)C(C)C)CC1. The molecule has 0 radical (unpaired) electrons. The molecule has 0 atom stereocenters. The van der Waals surface area contributed by atoms with E-state index in [4.69, 9.17) is 0 Å². The minimum absolute atomic E-state index is 0.0372. The molecule has 0 saturated carbocycles. The van der Waals surface area contributed by atoms with Gasteiger partial charge in [0, 0.05) is 32.1 Å². The molecular formula is C19H35N3O4S. The maximum absolute atomic E-state index is 12.2. The van der Waals surface area contributed by atoms with Crippen LogP contribution < -0.4 is 10.6 Å². The van der Waals surface area contributed by atoms with Crippen LogP contribution in [0, 0.1) is 5.92 Å². The molecule has 2 N–H and O–H groups in total. The lowest BCUT2D eigenvalue weighted by atomic mass is 9.97. The van der Waals surface area contributed by atoms with Crippen LogP contribution in [0.1, 0.15) is 59.3 Å². The minimum atomic E-state index is -3.22. The highest BCUT2D eigenvalue weighted by Gasteiger charge is 2.32. The number of allylic oxidation sites excluding steroid dienone is 1. The highest BCUT2D eigenvalue weighted by Crippen LogP contribution is 2.21. The molecule has 7 nitrogen and oxygen atoms in total. The molecule has 1 saturated heterocycles. The Labute approximate surface area is 164 Å². The number of carbonyl (C=O) groups excluding carboxylic acids is 2. The van der Waals surface area contributed by atoms with Crippen molar-refractivity contribution in [3.05, 3.63) is 12.2 Å². The molecule has 0 aliphatic carbocycles. The molecule has 8 heteroatoms. The first-order valence-corrected chi connectivity index (χ1v) is 11.5. The van der Waals surface area contributed by atoms with Crippen LogP contribution in [-0.4, -0.2) is 56.0 Å². The van der Waals surface area contributed by atoms with Crippen LogP contribution in [0.15, 0.2) is 12.2 Å². The molecule has 0 bridgehead atoms. The average Bonchev–Trinajstić information content (AvgIpc) is 2.63. The normalized spacial score (nSPS) is 16.7. The summed E-state index contributed by atoms with van der Waals surface area (Å²) in [6, 6.07) is 0. The zero-order valence-corrected chi connectivity index (χ0v) is 17.7. The number of rotatable bonds is 11. The third-order valence-corrected chi connectivity index (χ3v) is 7.08. The van der Waals surface area contributed by atoms with E-state index < -0.39 is 15.3 Å². The Morgan fingerprint density at radius 1 is 1.04 bits per heavy atom. The molecule has 0 aromatic rings. The average molecular weight is 402 g/mol. The molecule has 0 aromatic carbocycles.